The Morgan fingerprint density at radius 3 is 2.73 bits per heavy atom. The number of hydrogen-bond acceptors (Lipinski definition) is 4. The van der Waals surface area contributed by atoms with Crippen LogP contribution in [0.5, 0.6) is 0 Å². The molecule has 2 atom stereocenters. The fourth-order valence-corrected chi connectivity index (χ4v) is 4.44. The molecule has 2 fully saturated rings. The number of rotatable bonds is 1. The minimum absolute atomic E-state index is 0.134. The molecular formula is C10H20N2O2S. The lowest BCUT2D eigenvalue weighted by molar-refractivity contribution is 0.123. The van der Waals surface area contributed by atoms with Gasteiger partial charge in [0.1, 0.15) is 0 Å². The first-order valence-corrected chi connectivity index (χ1v) is 7.43. The average molecular weight is 232 g/mol. The molecule has 2 saturated heterocycles. The first-order valence-electron chi connectivity index (χ1n) is 5.61. The summed E-state index contributed by atoms with van der Waals surface area (Å²) in [5.41, 5.74) is 5.98. The fraction of sp³-hybridized carbons (Fsp3) is 1.00. The summed E-state index contributed by atoms with van der Waals surface area (Å²) in [7, 11) is -2.76. The van der Waals surface area contributed by atoms with E-state index in [-0.39, 0.29) is 11.6 Å². The second kappa shape index (κ2) is 3.71. The number of piperidine rings is 1. The highest BCUT2D eigenvalue weighted by Crippen LogP contribution is 2.25. The molecule has 2 rings (SSSR count). The van der Waals surface area contributed by atoms with Gasteiger partial charge in [-0.2, -0.15) is 0 Å². The molecule has 2 aliphatic rings. The molecule has 0 spiro atoms. The van der Waals surface area contributed by atoms with E-state index in [0.29, 0.717) is 11.5 Å². The van der Waals surface area contributed by atoms with E-state index >= 15 is 0 Å². The number of sulfone groups is 1. The average Bonchev–Trinajstić information content (AvgIpc) is 2.44. The molecule has 88 valence electrons. The Labute approximate surface area is 91.7 Å². The van der Waals surface area contributed by atoms with Gasteiger partial charge in [0.05, 0.1) is 11.5 Å². The normalized spacial score (nSPS) is 41.9. The van der Waals surface area contributed by atoms with Crippen LogP contribution in [0.4, 0.5) is 0 Å². The zero-order chi connectivity index (χ0) is 11.1. The van der Waals surface area contributed by atoms with Gasteiger partial charge in [-0.15, -0.1) is 0 Å². The standard InChI is InChI=1S/C10H20N2O2S/c1-10(11)4-2-5-12(8-10)9-3-6-15(13,14)7-9/h9H,2-8,11H2,1H3. The summed E-state index contributed by atoms with van der Waals surface area (Å²) in [6.45, 7) is 3.91. The van der Waals surface area contributed by atoms with Gasteiger partial charge in [-0.05, 0) is 32.7 Å². The van der Waals surface area contributed by atoms with Crippen LogP contribution >= 0.6 is 0 Å². The highest BCUT2D eigenvalue weighted by atomic mass is 32.2. The van der Waals surface area contributed by atoms with Crippen LogP contribution in [0, 0.1) is 0 Å². The summed E-state index contributed by atoms with van der Waals surface area (Å²) in [6, 6.07) is 0.221. The highest BCUT2D eigenvalue weighted by Gasteiger charge is 2.36. The third-order valence-electron chi connectivity index (χ3n) is 3.48. The van der Waals surface area contributed by atoms with E-state index in [9.17, 15) is 8.42 Å². The van der Waals surface area contributed by atoms with Crippen LogP contribution in [0.3, 0.4) is 0 Å². The fourth-order valence-electron chi connectivity index (χ4n) is 2.68. The minimum Gasteiger partial charge on any atom is -0.324 e. The van der Waals surface area contributed by atoms with E-state index in [1.807, 2.05) is 0 Å². The van der Waals surface area contributed by atoms with E-state index in [2.05, 4.69) is 11.8 Å². The van der Waals surface area contributed by atoms with Crippen molar-refractivity contribution in [1.29, 1.82) is 0 Å². The SMILES string of the molecule is CC1(N)CCCN(C2CCS(=O)(=O)C2)C1. The summed E-state index contributed by atoms with van der Waals surface area (Å²) >= 11 is 0. The van der Waals surface area contributed by atoms with E-state index < -0.39 is 9.84 Å². The third-order valence-corrected chi connectivity index (χ3v) is 5.23. The van der Waals surface area contributed by atoms with Gasteiger partial charge in [0.25, 0.3) is 0 Å². The summed E-state index contributed by atoms with van der Waals surface area (Å²) in [6.07, 6.45) is 2.92. The molecule has 0 aliphatic carbocycles. The van der Waals surface area contributed by atoms with Gasteiger partial charge in [0.15, 0.2) is 9.84 Å². The molecule has 0 aromatic carbocycles. The molecule has 0 aromatic rings. The van der Waals surface area contributed by atoms with Crippen molar-refractivity contribution in [2.24, 2.45) is 5.73 Å². The predicted molar refractivity (Wildman–Crippen MR) is 60.5 cm³/mol. The van der Waals surface area contributed by atoms with Crippen molar-refractivity contribution in [1.82, 2.24) is 4.90 Å². The van der Waals surface area contributed by atoms with Gasteiger partial charge in [-0.3, -0.25) is 4.90 Å². The Hall–Kier alpha value is -0.130. The van der Waals surface area contributed by atoms with Crippen LogP contribution in [0.2, 0.25) is 0 Å². The maximum absolute atomic E-state index is 11.4. The van der Waals surface area contributed by atoms with Crippen LogP contribution in [-0.2, 0) is 9.84 Å². The lowest BCUT2D eigenvalue weighted by Gasteiger charge is -2.40. The van der Waals surface area contributed by atoms with Crippen LogP contribution in [0.15, 0.2) is 0 Å². The highest BCUT2D eigenvalue weighted by molar-refractivity contribution is 7.91. The monoisotopic (exact) mass is 232 g/mol. The number of likely N-dealkylation sites (tertiary alicyclic amines) is 1. The van der Waals surface area contributed by atoms with Crippen molar-refractivity contribution >= 4 is 9.84 Å². The van der Waals surface area contributed by atoms with Gasteiger partial charge < -0.3 is 5.73 Å². The maximum Gasteiger partial charge on any atom is 0.151 e. The number of nitrogens with two attached hydrogens (primary N) is 1. The van der Waals surface area contributed by atoms with Crippen LogP contribution in [-0.4, -0.2) is 49.5 Å². The molecule has 15 heavy (non-hydrogen) atoms. The minimum atomic E-state index is -2.76. The second-order valence-electron chi connectivity index (χ2n) is 5.28. The summed E-state index contributed by atoms with van der Waals surface area (Å²) in [4.78, 5) is 2.27. The summed E-state index contributed by atoms with van der Waals surface area (Å²) in [5.74, 6) is 0.693. The first-order chi connectivity index (χ1) is 6.88. The van der Waals surface area contributed by atoms with Crippen molar-refractivity contribution in [3.63, 3.8) is 0 Å². The quantitative estimate of drug-likeness (QED) is 0.690. The van der Waals surface area contributed by atoms with Crippen molar-refractivity contribution < 1.29 is 8.42 Å². The maximum atomic E-state index is 11.4. The summed E-state index contributed by atoms with van der Waals surface area (Å²) in [5, 5.41) is 0. The molecule has 4 nitrogen and oxygen atoms in total. The Kier molecular flexibility index (Phi) is 2.81. The van der Waals surface area contributed by atoms with Gasteiger partial charge >= 0.3 is 0 Å². The van der Waals surface area contributed by atoms with E-state index in [1.165, 1.54) is 0 Å². The Balaban J connectivity index is 2.00. The largest absolute Gasteiger partial charge is 0.324 e. The second-order valence-corrected chi connectivity index (χ2v) is 7.51. The van der Waals surface area contributed by atoms with Crippen molar-refractivity contribution in [3.05, 3.63) is 0 Å². The predicted octanol–water partition coefficient (Wildman–Crippen LogP) is -0.0133. The molecule has 0 radical (unpaired) electrons. The molecule has 0 saturated carbocycles. The molecule has 2 N–H and O–H groups in total. The summed E-state index contributed by atoms with van der Waals surface area (Å²) < 4.78 is 22.8. The van der Waals surface area contributed by atoms with Crippen LogP contribution in [0.1, 0.15) is 26.2 Å². The topological polar surface area (TPSA) is 63.4 Å². The van der Waals surface area contributed by atoms with Gasteiger partial charge in [0.2, 0.25) is 0 Å². The van der Waals surface area contributed by atoms with E-state index in [4.69, 9.17) is 5.73 Å². The molecule has 2 unspecified atom stereocenters. The van der Waals surface area contributed by atoms with Gasteiger partial charge in [-0.1, -0.05) is 0 Å². The molecule has 2 aliphatic heterocycles. The number of nitrogens with zero attached hydrogens (tertiary/aromatic N) is 1. The molecule has 5 heteroatoms. The molecule has 0 aromatic heterocycles. The molecule has 0 bridgehead atoms. The van der Waals surface area contributed by atoms with Crippen molar-refractivity contribution in [2.75, 3.05) is 24.6 Å². The lowest BCUT2D eigenvalue weighted by Crippen LogP contribution is -2.55. The van der Waals surface area contributed by atoms with Crippen LogP contribution < -0.4 is 5.73 Å². The lowest BCUT2D eigenvalue weighted by atomic mass is 9.91. The molecular weight excluding hydrogens is 212 g/mol. The zero-order valence-electron chi connectivity index (χ0n) is 9.28. The third kappa shape index (κ3) is 2.71. The smallest absolute Gasteiger partial charge is 0.151 e. The Morgan fingerprint density at radius 2 is 2.20 bits per heavy atom. The molecule has 2 heterocycles. The Bertz CT molecular complexity index is 337. The van der Waals surface area contributed by atoms with E-state index in [1.54, 1.807) is 0 Å². The Morgan fingerprint density at radius 1 is 1.47 bits per heavy atom. The molecule has 0 amide bonds. The van der Waals surface area contributed by atoms with Gasteiger partial charge in [-0.25, -0.2) is 8.42 Å². The van der Waals surface area contributed by atoms with Gasteiger partial charge in [0, 0.05) is 18.1 Å². The van der Waals surface area contributed by atoms with Crippen molar-refractivity contribution in [3.8, 4) is 0 Å². The van der Waals surface area contributed by atoms with Crippen LogP contribution in [0.25, 0.3) is 0 Å². The number of hydrogen-bond donors (Lipinski definition) is 1. The van der Waals surface area contributed by atoms with Crippen molar-refractivity contribution in [2.45, 2.75) is 37.8 Å². The van der Waals surface area contributed by atoms with E-state index in [0.717, 1.165) is 32.4 Å². The zero-order valence-corrected chi connectivity index (χ0v) is 10.1. The first kappa shape index (κ1) is 11.4.